The summed E-state index contributed by atoms with van der Waals surface area (Å²) in [4.78, 5) is 21.9. The Hall–Kier alpha value is -2.42. The number of benzene rings is 1. The third-order valence-electron chi connectivity index (χ3n) is 2.66. The van der Waals surface area contributed by atoms with Gasteiger partial charge in [-0.1, -0.05) is 19.1 Å². The molecule has 0 atom stereocenters. The maximum absolute atomic E-state index is 11.4. The molecule has 0 fully saturated rings. The van der Waals surface area contributed by atoms with Crippen molar-refractivity contribution in [1.29, 1.82) is 5.26 Å². The highest BCUT2D eigenvalue weighted by atomic mass is 16.6. The number of hydrogen-bond acceptors (Lipinski definition) is 5. The highest BCUT2D eigenvalue weighted by Gasteiger charge is 2.24. The molecule has 0 saturated heterocycles. The topological polar surface area (TPSA) is 93.2 Å². The Balaban J connectivity index is 3.29. The van der Waals surface area contributed by atoms with E-state index in [4.69, 9.17) is 10.00 Å². The molecule has 0 aliphatic heterocycles. The van der Waals surface area contributed by atoms with Crippen LogP contribution in [0.4, 0.5) is 5.69 Å². The number of esters is 1. The van der Waals surface area contributed by atoms with Crippen molar-refractivity contribution in [3.05, 3.63) is 38.9 Å². The van der Waals surface area contributed by atoms with E-state index in [1.54, 1.807) is 13.0 Å². The van der Waals surface area contributed by atoms with E-state index < -0.39 is 10.9 Å². The Morgan fingerprint density at radius 1 is 1.42 bits per heavy atom. The van der Waals surface area contributed by atoms with Gasteiger partial charge in [0.05, 0.1) is 18.0 Å². The van der Waals surface area contributed by atoms with Gasteiger partial charge in [0, 0.05) is 5.56 Å². The van der Waals surface area contributed by atoms with Crippen LogP contribution in [0.25, 0.3) is 0 Å². The number of nitriles is 1. The minimum Gasteiger partial charge on any atom is -0.466 e. The maximum atomic E-state index is 11.4. The average molecular weight is 262 g/mol. The number of nitrogens with zero attached hydrogens (tertiary/aromatic N) is 2. The van der Waals surface area contributed by atoms with Crippen LogP contribution in [-0.4, -0.2) is 17.5 Å². The molecule has 6 heteroatoms. The summed E-state index contributed by atoms with van der Waals surface area (Å²) in [6.45, 7) is 3.68. The van der Waals surface area contributed by atoms with Gasteiger partial charge in [0.15, 0.2) is 0 Å². The summed E-state index contributed by atoms with van der Waals surface area (Å²) in [6.07, 6.45) is 0.312. The molecular formula is C13H14N2O4. The van der Waals surface area contributed by atoms with Gasteiger partial charge in [-0.2, -0.15) is 5.26 Å². The van der Waals surface area contributed by atoms with Crippen molar-refractivity contribution >= 4 is 11.7 Å². The molecule has 0 aliphatic rings. The van der Waals surface area contributed by atoms with Crippen molar-refractivity contribution in [2.24, 2.45) is 0 Å². The summed E-state index contributed by atoms with van der Waals surface area (Å²) in [7, 11) is 0. The van der Waals surface area contributed by atoms with Gasteiger partial charge in [-0.3, -0.25) is 14.9 Å². The highest BCUT2D eigenvalue weighted by Crippen LogP contribution is 2.27. The lowest BCUT2D eigenvalue weighted by Crippen LogP contribution is -2.10. The molecule has 0 unspecified atom stereocenters. The zero-order valence-corrected chi connectivity index (χ0v) is 10.8. The van der Waals surface area contributed by atoms with Crippen LogP contribution in [0.2, 0.25) is 0 Å². The molecular weight excluding hydrogens is 248 g/mol. The lowest BCUT2D eigenvalue weighted by Gasteiger charge is -2.07. The number of nitro groups is 1. The Labute approximate surface area is 110 Å². The molecule has 0 radical (unpaired) electrons. The molecule has 0 spiro atoms. The van der Waals surface area contributed by atoms with Crippen molar-refractivity contribution < 1.29 is 14.5 Å². The number of hydrogen-bond donors (Lipinski definition) is 0. The Kier molecular flexibility index (Phi) is 5.01. The first-order valence-corrected chi connectivity index (χ1v) is 5.89. The summed E-state index contributed by atoms with van der Waals surface area (Å²) >= 11 is 0. The number of carbonyl (C=O) groups excluding carboxylic acids is 1. The van der Waals surface area contributed by atoms with Gasteiger partial charge < -0.3 is 4.74 Å². The zero-order valence-electron chi connectivity index (χ0n) is 10.8. The first-order chi connectivity index (χ1) is 9.04. The Bertz CT molecular complexity index is 546. The minimum absolute atomic E-state index is 0.0225. The number of rotatable bonds is 5. The van der Waals surface area contributed by atoms with Crippen LogP contribution in [0, 0.1) is 21.4 Å². The minimum atomic E-state index is -0.619. The molecule has 1 aromatic rings. The molecule has 0 aromatic heterocycles. The number of aryl methyl sites for hydroxylation is 1. The van der Waals surface area contributed by atoms with E-state index in [0.717, 1.165) is 0 Å². The molecule has 100 valence electrons. The van der Waals surface area contributed by atoms with Crippen LogP contribution < -0.4 is 0 Å². The summed E-state index contributed by atoms with van der Waals surface area (Å²) in [5.74, 6) is -0.543. The smallest absolute Gasteiger partial charge is 0.310 e. The summed E-state index contributed by atoms with van der Waals surface area (Å²) in [5.41, 5.74) is 0.531. The molecule has 1 rings (SSSR count). The fourth-order valence-corrected chi connectivity index (χ4v) is 1.81. The van der Waals surface area contributed by atoms with Gasteiger partial charge in [-0.15, -0.1) is 0 Å². The van der Waals surface area contributed by atoms with E-state index in [0.29, 0.717) is 12.0 Å². The van der Waals surface area contributed by atoms with Crippen molar-refractivity contribution in [1.82, 2.24) is 0 Å². The lowest BCUT2D eigenvalue weighted by atomic mass is 9.98. The van der Waals surface area contributed by atoms with Crippen LogP contribution in [0.15, 0.2) is 12.1 Å². The summed E-state index contributed by atoms with van der Waals surface area (Å²) < 4.78 is 4.77. The number of nitro benzene ring substituents is 1. The second-order valence-electron chi connectivity index (χ2n) is 3.81. The second kappa shape index (κ2) is 6.50. The molecule has 0 heterocycles. The highest BCUT2D eigenvalue weighted by molar-refractivity contribution is 5.75. The van der Waals surface area contributed by atoms with Crippen LogP contribution in [0.1, 0.15) is 30.5 Å². The van der Waals surface area contributed by atoms with Crippen molar-refractivity contribution in [2.45, 2.75) is 26.7 Å². The van der Waals surface area contributed by atoms with Crippen molar-refractivity contribution in [2.75, 3.05) is 6.61 Å². The lowest BCUT2D eigenvalue weighted by molar-refractivity contribution is -0.385. The predicted octanol–water partition coefficient (Wildman–Crippen LogP) is 2.13. The van der Waals surface area contributed by atoms with Gasteiger partial charge in [0.25, 0.3) is 5.69 Å². The number of ether oxygens (including phenoxy) is 1. The Morgan fingerprint density at radius 3 is 2.53 bits per heavy atom. The van der Waals surface area contributed by atoms with Gasteiger partial charge in [-0.05, 0) is 18.9 Å². The third kappa shape index (κ3) is 3.28. The second-order valence-corrected chi connectivity index (χ2v) is 3.81. The van der Waals surface area contributed by atoms with E-state index in [1.807, 2.05) is 13.0 Å². The van der Waals surface area contributed by atoms with E-state index in [1.165, 1.54) is 6.07 Å². The monoisotopic (exact) mass is 262 g/mol. The van der Waals surface area contributed by atoms with Gasteiger partial charge >= 0.3 is 5.97 Å². The first kappa shape index (κ1) is 14.6. The summed E-state index contributed by atoms with van der Waals surface area (Å²) in [6, 6.07) is 5.00. The fourth-order valence-electron chi connectivity index (χ4n) is 1.81. The third-order valence-corrected chi connectivity index (χ3v) is 2.66. The van der Waals surface area contributed by atoms with Crippen molar-refractivity contribution in [3.8, 4) is 6.07 Å². The van der Waals surface area contributed by atoms with E-state index >= 15 is 0 Å². The number of carbonyl (C=O) groups is 1. The zero-order chi connectivity index (χ0) is 14.4. The molecule has 0 N–H and O–H groups in total. The van der Waals surface area contributed by atoms with Gasteiger partial charge in [0.2, 0.25) is 0 Å². The van der Waals surface area contributed by atoms with Crippen LogP contribution in [0.5, 0.6) is 0 Å². The molecule has 1 aromatic carbocycles. The average Bonchev–Trinajstić information content (AvgIpc) is 2.37. The SMILES string of the molecule is CCOC(=O)Cc1ccc(CC)c(C#N)c1[N+](=O)[O-]. The molecule has 19 heavy (non-hydrogen) atoms. The van der Waals surface area contributed by atoms with Crippen molar-refractivity contribution in [3.63, 3.8) is 0 Å². The standard InChI is InChI=1S/C13H14N2O4/c1-3-9-5-6-10(7-12(16)19-4-2)13(15(17)18)11(9)8-14/h5-6H,3-4,7H2,1-2H3. The Morgan fingerprint density at radius 2 is 2.05 bits per heavy atom. The largest absolute Gasteiger partial charge is 0.466 e. The van der Waals surface area contributed by atoms with E-state index in [-0.39, 0.29) is 29.8 Å². The molecule has 0 aliphatic carbocycles. The molecule has 6 nitrogen and oxygen atoms in total. The summed E-state index contributed by atoms with van der Waals surface area (Å²) in [5, 5.41) is 20.2. The van der Waals surface area contributed by atoms with Gasteiger partial charge in [-0.25, -0.2) is 0 Å². The van der Waals surface area contributed by atoms with E-state index in [9.17, 15) is 14.9 Å². The van der Waals surface area contributed by atoms with Crippen LogP contribution >= 0.6 is 0 Å². The normalized spacial score (nSPS) is 9.74. The molecule has 0 saturated carbocycles. The fraction of sp³-hybridized carbons (Fsp3) is 0.385. The quantitative estimate of drug-likeness (QED) is 0.460. The van der Waals surface area contributed by atoms with Crippen LogP contribution in [0.3, 0.4) is 0 Å². The maximum Gasteiger partial charge on any atom is 0.310 e. The predicted molar refractivity (Wildman–Crippen MR) is 67.5 cm³/mol. The van der Waals surface area contributed by atoms with Crippen LogP contribution in [-0.2, 0) is 22.4 Å². The molecule has 0 amide bonds. The first-order valence-electron chi connectivity index (χ1n) is 5.89. The molecule has 0 bridgehead atoms. The van der Waals surface area contributed by atoms with E-state index in [2.05, 4.69) is 0 Å². The van der Waals surface area contributed by atoms with Gasteiger partial charge in [0.1, 0.15) is 11.6 Å².